The maximum atomic E-state index is 12.5. The number of rotatable bonds is 3. The van der Waals surface area contributed by atoms with E-state index >= 15 is 0 Å². The maximum absolute atomic E-state index is 12.5. The van der Waals surface area contributed by atoms with Gasteiger partial charge in [-0.15, -0.1) is 10.2 Å². The van der Waals surface area contributed by atoms with Gasteiger partial charge in [-0.05, 0) is 12.1 Å². The first-order valence-electron chi connectivity index (χ1n) is 8.14. The first-order valence-corrected chi connectivity index (χ1v) is 8.51. The molecule has 1 fully saturated rings. The molecule has 7 nitrogen and oxygen atoms in total. The van der Waals surface area contributed by atoms with Crippen molar-refractivity contribution in [1.29, 1.82) is 0 Å². The molecule has 0 aliphatic carbocycles. The highest BCUT2D eigenvalue weighted by molar-refractivity contribution is 6.33. The number of hydrogen-bond acceptors (Lipinski definition) is 5. The predicted molar refractivity (Wildman–Crippen MR) is 91.6 cm³/mol. The molecule has 132 valence electrons. The SMILES string of the molecule is CC(C)c1nnc(C(=O)N2CCN(C(=O)c3ccccc3Cl)CC2)o1. The molecular weight excluding hydrogens is 344 g/mol. The second-order valence-electron chi connectivity index (χ2n) is 6.16. The van der Waals surface area contributed by atoms with Crippen LogP contribution in [0, 0.1) is 0 Å². The summed E-state index contributed by atoms with van der Waals surface area (Å²) in [6.45, 7) is 5.52. The van der Waals surface area contributed by atoms with Crippen molar-refractivity contribution < 1.29 is 14.0 Å². The molecule has 0 bridgehead atoms. The van der Waals surface area contributed by atoms with Gasteiger partial charge >= 0.3 is 11.8 Å². The third kappa shape index (κ3) is 3.66. The number of piperazine rings is 1. The molecule has 0 saturated carbocycles. The highest BCUT2D eigenvalue weighted by Gasteiger charge is 2.29. The van der Waals surface area contributed by atoms with Gasteiger partial charge in [0.1, 0.15) is 0 Å². The Morgan fingerprint density at radius 2 is 1.64 bits per heavy atom. The Hall–Kier alpha value is -2.41. The molecule has 0 N–H and O–H groups in total. The van der Waals surface area contributed by atoms with Crippen molar-refractivity contribution in [2.75, 3.05) is 26.2 Å². The molecule has 1 aromatic carbocycles. The van der Waals surface area contributed by atoms with Crippen molar-refractivity contribution >= 4 is 23.4 Å². The van der Waals surface area contributed by atoms with Crippen LogP contribution in [0.5, 0.6) is 0 Å². The van der Waals surface area contributed by atoms with Gasteiger partial charge in [-0.1, -0.05) is 37.6 Å². The van der Waals surface area contributed by atoms with Gasteiger partial charge in [0.15, 0.2) is 0 Å². The van der Waals surface area contributed by atoms with Crippen LogP contribution < -0.4 is 0 Å². The fraction of sp³-hybridized carbons (Fsp3) is 0.412. The van der Waals surface area contributed by atoms with E-state index < -0.39 is 0 Å². The smallest absolute Gasteiger partial charge is 0.311 e. The van der Waals surface area contributed by atoms with Gasteiger partial charge in [0, 0.05) is 32.1 Å². The Kier molecular flexibility index (Phi) is 5.03. The van der Waals surface area contributed by atoms with Gasteiger partial charge in [-0.2, -0.15) is 0 Å². The lowest BCUT2D eigenvalue weighted by Gasteiger charge is -2.34. The zero-order valence-corrected chi connectivity index (χ0v) is 14.9. The summed E-state index contributed by atoms with van der Waals surface area (Å²) in [6.07, 6.45) is 0. The minimum Gasteiger partial charge on any atom is -0.417 e. The minimum absolute atomic E-state index is 0.00502. The molecule has 0 radical (unpaired) electrons. The summed E-state index contributed by atoms with van der Waals surface area (Å²) in [7, 11) is 0. The van der Waals surface area contributed by atoms with Crippen LogP contribution in [0.3, 0.4) is 0 Å². The molecule has 3 rings (SSSR count). The molecule has 1 aliphatic heterocycles. The highest BCUT2D eigenvalue weighted by atomic mass is 35.5. The van der Waals surface area contributed by atoms with Crippen LogP contribution in [-0.4, -0.2) is 58.0 Å². The lowest BCUT2D eigenvalue weighted by molar-refractivity contribution is 0.0512. The van der Waals surface area contributed by atoms with Crippen molar-refractivity contribution in [3.63, 3.8) is 0 Å². The number of carbonyl (C=O) groups is 2. The number of halogens is 1. The number of nitrogens with zero attached hydrogens (tertiary/aromatic N) is 4. The minimum atomic E-state index is -0.302. The topological polar surface area (TPSA) is 79.5 Å². The van der Waals surface area contributed by atoms with Crippen molar-refractivity contribution in [2.24, 2.45) is 0 Å². The summed E-state index contributed by atoms with van der Waals surface area (Å²) in [5, 5.41) is 8.13. The lowest BCUT2D eigenvalue weighted by Crippen LogP contribution is -2.50. The quantitative estimate of drug-likeness (QED) is 0.837. The highest BCUT2D eigenvalue weighted by Crippen LogP contribution is 2.19. The van der Waals surface area contributed by atoms with Gasteiger partial charge in [0.05, 0.1) is 10.6 Å². The van der Waals surface area contributed by atoms with E-state index in [0.29, 0.717) is 42.7 Å². The van der Waals surface area contributed by atoms with Crippen molar-refractivity contribution in [2.45, 2.75) is 19.8 Å². The number of carbonyl (C=O) groups excluding carboxylic acids is 2. The molecule has 1 aliphatic rings. The summed E-state index contributed by atoms with van der Waals surface area (Å²) >= 11 is 6.09. The van der Waals surface area contributed by atoms with Crippen LogP contribution in [0.4, 0.5) is 0 Å². The first-order chi connectivity index (χ1) is 12.0. The molecule has 2 heterocycles. The van der Waals surface area contributed by atoms with Gasteiger partial charge in [0.2, 0.25) is 5.89 Å². The average Bonchev–Trinajstić information content (AvgIpc) is 3.11. The van der Waals surface area contributed by atoms with E-state index in [1.54, 1.807) is 34.1 Å². The second-order valence-corrected chi connectivity index (χ2v) is 6.57. The van der Waals surface area contributed by atoms with Gasteiger partial charge in [-0.3, -0.25) is 9.59 Å². The molecule has 0 unspecified atom stereocenters. The van der Waals surface area contributed by atoms with Crippen LogP contribution in [0.1, 0.15) is 46.7 Å². The second kappa shape index (κ2) is 7.23. The summed E-state index contributed by atoms with van der Waals surface area (Å²) in [5.74, 6) is 0.0754. The zero-order valence-electron chi connectivity index (χ0n) is 14.1. The fourth-order valence-electron chi connectivity index (χ4n) is 2.61. The third-order valence-corrected chi connectivity index (χ3v) is 4.41. The summed E-state index contributed by atoms with van der Waals surface area (Å²) in [5.41, 5.74) is 0.474. The van der Waals surface area contributed by atoms with E-state index in [1.165, 1.54) is 0 Å². The fourth-order valence-corrected chi connectivity index (χ4v) is 2.82. The van der Waals surface area contributed by atoms with Gasteiger partial charge in [0.25, 0.3) is 5.91 Å². The van der Waals surface area contributed by atoms with Crippen LogP contribution in [0.25, 0.3) is 0 Å². The van der Waals surface area contributed by atoms with E-state index in [0.717, 1.165) is 0 Å². The van der Waals surface area contributed by atoms with E-state index in [-0.39, 0.29) is 23.6 Å². The Bertz CT molecular complexity index is 782. The molecule has 2 amide bonds. The summed E-state index contributed by atoms with van der Waals surface area (Å²) in [6, 6.07) is 6.96. The number of benzene rings is 1. The maximum Gasteiger partial charge on any atom is 0.311 e. The van der Waals surface area contributed by atoms with E-state index in [4.69, 9.17) is 16.0 Å². The Morgan fingerprint density at radius 1 is 1.04 bits per heavy atom. The molecule has 1 aromatic heterocycles. The molecule has 25 heavy (non-hydrogen) atoms. The lowest BCUT2D eigenvalue weighted by atomic mass is 10.2. The van der Waals surface area contributed by atoms with Crippen molar-refractivity contribution in [3.05, 3.63) is 46.6 Å². The molecule has 8 heteroatoms. The van der Waals surface area contributed by atoms with Crippen LogP contribution in [0.15, 0.2) is 28.7 Å². The molecule has 0 atom stereocenters. The van der Waals surface area contributed by atoms with Crippen molar-refractivity contribution in [3.8, 4) is 0 Å². The average molecular weight is 363 g/mol. The summed E-state index contributed by atoms with van der Waals surface area (Å²) < 4.78 is 5.41. The van der Waals surface area contributed by atoms with Crippen LogP contribution in [-0.2, 0) is 0 Å². The number of amides is 2. The van der Waals surface area contributed by atoms with Gasteiger partial charge < -0.3 is 14.2 Å². The summed E-state index contributed by atoms with van der Waals surface area (Å²) in [4.78, 5) is 28.3. The van der Waals surface area contributed by atoms with Crippen LogP contribution >= 0.6 is 11.6 Å². The zero-order chi connectivity index (χ0) is 18.0. The number of aromatic nitrogens is 2. The normalized spacial score (nSPS) is 14.9. The van der Waals surface area contributed by atoms with E-state index in [9.17, 15) is 9.59 Å². The largest absolute Gasteiger partial charge is 0.417 e. The molecular formula is C17H19ClN4O3. The Labute approximate surface area is 150 Å². The monoisotopic (exact) mass is 362 g/mol. The van der Waals surface area contributed by atoms with E-state index in [2.05, 4.69) is 10.2 Å². The van der Waals surface area contributed by atoms with Crippen molar-refractivity contribution in [1.82, 2.24) is 20.0 Å². The first kappa shape index (κ1) is 17.4. The predicted octanol–water partition coefficient (Wildman–Crippen LogP) is 2.44. The van der Waals surface area contributed by atoms with E-state index in [1.807, 2.05) is 13.8 Å². The Morgan fingerprint density at radius 3 is 2.20 bits per heavy atom. The molecule has 2 aromatic rings. The van der Waals surface area contributed by atoms with Gasteiger partial charge in [-0.25, -0.2) is 0 Å². The number of hydrogen-bond donors (Lipinski definition) is 0. The third-order valence-electron chi connectivity index (χ3n) is 4.08. The Balaban J connectivity index is 1.62. The standard InChI is InChI=1S/C17H19ClN4O3/c1-11(2)14-19-20-15(25-14)17(24)22-9-7-21(8-10-22)16(23)12-5-3-4-6-13(12)18/h3-6,11H,7-10H2,1-2H3. The van der Waals surface area contributed by atoms with Crippen LogP contribution in [0.2, 0.25) is 5.02 Å². The molecule has 1 saturated heterocycles. The molecule has 0 spiro atoms.